The lowest BCUT2D eigenvalue weighted by Gasteiger charge is -1.93. The molecule has 1 N–H and O–H groups in total. The van der Waals surface area contributed by atoms with Crippen molar-refractivity contribution in [3.05, 3.63) is 47.2 Å². The molecule has 0 unspecified atom stereocenters. The highest BCUT2D eigenvalue weighted by Gasteiger charge is 2.02. The van der Waals surface area contributed by atoms with Gasteiger partial charge in [0.15, 0.2) is 0 Å². The molecule has 0 bridgehead atoms. The van der Waals surface area contributed by atoms with Crippen molar-refractivity contribution in [3.8, 4) is 5.82 Å². The van der Waals surface area contributed by atoms with Gasteiger partial charge in [0.1, 0.15) is 5.82 Å². The number of rotatable bonds is 1. The molecule has 0 aliphatic carbocycles. The number of aromatic amines is 1. The van der Waals surface area contributed by atoms with Crippen molar-refractivity contribution in [3.63, 3.8) is 0 Å². The summed E-state index contributed by atoms with van der Waals surface area (Å²) < 4.78 is 2.90. The van der Waals surface area contributed by atoms with Crippen LogP contribution in [0.2, 0.25) is 0 Å². The van der Waals surface area contributed by atoms with Gasteiger partial charge < -0.3 is 4.98 Å². The van der Waals surface area contributed by atoms with Gasteiger partial charge >= 0.3 is 0 Å². The molecule has 74 valence electrons. The molecular formula is C11H8BrN3. The largest absolute Gasteiger partial charge is 0.340 e. The van der Waals surface area contributed by atoms with Crippen LogP contribution in [-0.4, -0.2) is 14.8 Å². The van der Waals surface area contributed by atoms with Crippen molar-refractivity contribution in [2.75, 3.05) is 0 Å². The second kappa shape index (κ2) is 3.24. The minimum atomic E-state index is 0.980. The number of benzene rings is 1. The van der Waals surface area contributed by atoms with Crippen LogP contribution in [0.4, 0.5) is 0 Å². The molecule has 2 aromatic heterocycles. The Labute approximate surface area is 94.9 Å². The van der Waals surface area contributed by atoms with Crippen LogP contribution in [0.5, 0.6) is 0 Å². The number of fused-ring (bicyclic) bond motifs is 1. The number of halogens is 1. The van der Waals surface area contributed by atoms with Crippen molar-refractivity contribution >= 4 is 26.8 Å². The highest BCUT2D eigenvalue weighted by atomic mass is 79.9. The average Bonchev–Trinajstić information content (AvgIpc) is 2.84. The predicted molar refractivity (Wildman–Crippen MR) is 63.1 cm³/mol. The van der Waals surface area contributed by atoms with Crippen LogP contribution in [0.25, 0.3) is 16.7 Å². The summed E-state index contributed by atoms with van der Waals surface area (Å²) in [6.07, 6.45) is 3.68. The first-order valence-electron chi connectivity index (χ1n) is 4.61. The van der Waals surface area contributed by atoms with Gasteiger partial charge in [-0.05, 0) is 30.3 Å². The van der Waals surface area contributed by atoms with Crippen molar-refractivity contribution in [2.45, 2.75) is 0 Å². The second-order valence-electron chi connectivity index (χ2n) is 3.34. The Morgan fingerprint density at radius 3 is 3.00 bits per heavy atom. The van der Waals surface area contributed by atoms with Crippen LogP contribution in [0.15, 0.2) is 47.2 Å². The average molecular weight is 262 g/mol. The van der Waals surface area contributed by atoms with E-state index in [1.807, 2.05) is 29.1 Å². The first kappa shape index (κ1) is 8.73. The standard InChI is InChI=1S/C11H8BrN3/c12-9-2-3-10-8(6-9)7-11(14-10)15-5-1-4-13-15/h1-7,14H. The number of aromatic nitrogens is 3. The van der Waals surface area contributed by atoms with Crippen LogP contribution in [0.3, 0.4) is 0 Å². The molecular weight excluding hydrogens is 254 g/mol. The molecule has 4 heteroatoms. The number of hydrogen-bond donors (Lipinski definition) is 1. The van der Waals surface area contributed by atoms with E-state index in [-0.39, 0.29) is 0 Å². The first-order chi connectivity index (χ1) is 7.33. The monoisotopic (exact) mass is 261 g/mol. The third kappa shape index (κ3) is 1.47. The van der Waals surface area contributed by atoms with E-state index in [0.717, 1.165) is 15.8 Å². The highest BCUT2D eigenvalue weighted by molar-refractivity contribution is 9.10. The third-order valence-electron chi connectivity index (χ3n) is 2.32. The topological polar surface area (TPSA) is 33.6 Å². The molecule has 0 amide bonds. The molecule has 3 rings (SSSR count). The van der Waals surface area contributed by atoms with E-state index in [9.17, 15) is 0 Å². The molecule has 3 nitrogen and oxygen atoms in total. The molecule has 0 aliphatic heterocycles. The Balaban J connectivity index is 2.22. The molecule has 3 aromatic rings. The first-order valence-corrected chi connectivity index (χ1v) is 5.40. The maximum atomic E-state index is 4.18. The van der Waals surface area contributed by atoms with E-state index in [1.54, 1.807) is 6.20 Å². The van der Waals surface area contributed by atoms with Crippen molar-refractivity contribution < 1.29 is 0 Å². The number of hydrogen-bond acceptors (Lipinski definition) is 1. The zero-order chi connectivity index (χ0) is 10.3. The normalized spacial score (nSPS) is 11.0. The zero-order valence-electron chi connectivity index (χ0n) is 7.81. The van der Waals surface area contributed by atoms with E-state index < -0.39 is 0 Å². The second-order valence-corrected chi connectivity index (χ2v) is 4.25. The van der Waals surface area contributed by atoms with Gasteiger partial charge in [0, 0.05) is 27.8 Å². The van der Waals surface area contributed by atoms with E-state index >= 15 is 0 Å². The molecule has 0 fully saturated rings. The smallest absolute Gasteiger partial charge is 0.132 e. The van der Waals surface area contributed by atoms with Crippen LogP contribution < -0.4 is 0 Å². The minimum Gasteiger partial charge on any atom is -0.340 e. The fourth-order valence-corrected chi connectivity index (χ4v) is 2.00. The van der Waals surface area contributed by atoms with Crippen LogP contribution in [-0.2, 0) is 0 Å². The lowest BCUT2D eigenvalue weighted by atomic mass is 10.2. The maximum absolute atomic E-state index is 4.18. The molecule has 0 saturated heterocycles. The van der Waals surface area contributed by atoms with E-state index in [1.165, 1.54) is 5.39 Å². The summed E-state index contributed by atoms with van der Waals surface area (Å²) >= 11 is 3.45. The summed E-state index contributed by atoms with van der Waals surface area (Å²) in [7, 11) is 0. The lowest BCUT2D eigenvalue weighted by molar-refractivity contribution is 0.858. The Bertz CT molecular complexity index is 595. The van der Waals surface area contributed by atoms with Crippen molar-refractivity contribution in [1.29, 1.82) is 0 Å². The molecule has 15 heavy (non-hydrogen) atoms. The van der Waals surface area contributed by atoms with Gasteiger partial charge in [-0.1, -0.05) is 15.9 Å². The molecule has 2 heterocycles. The zero-order valence-corrected chi connectivity index (χ0v) is 9.40. The number of nitrogens with zero attached hydrogens (tertiary/aromatic N) is 2. The summed E-state index contributed by atoms with van der Waals surface area (Å²) in [5.74, 6) is 0.980. The molecule has 1 aromatic carbocycles. The molecule has 0 saturated carbocycles. The van der Waals surface area contributed by atoms with Gasteiger partial charge in [-0.15, -0.1) is 0 Å². The quantitative estimate of drug-likeness (QED) is 0.718. The maximum Gasteiger partial charge on any atom is 0.132 e. The third-order valence-corrected chi connectivity index (χ3v) is 2.81. The number of H-pyrrole nitrogens is 1. The Morgan fingerprint density at radius 2 is 2.20 bits per heavy atom. The highest BCUT2D eigenvalue weighted by Crippen LogP contribution is 2.21. The summed E-state index contributed by atoms with van der Waals surface area (Å²) in [4.78, 5) is 3.30. The Morgan fingerprint density at radius 1 is 1.27 bits per heavy atom. The predicted octanol–water partition coefficient (Wildman–Crippen LogP) is 3.12. The molecule has 0 atom stereocenters. The Kier molecular flexibility index (Phi) is 1.89. The van der Waals surface area contributed by atoms with Crippen molar-refractivity contribution in [1.82, 2.24) is 14.8 Å². The molecule has 0 spiro atoms. The van der Waals surface area contributed by atoms with Gasteiger partial charge in [0.25, 0.3) is 0 Å². The van der Waals surface area contributed by atoms with Gasteiger partial charge in [0.2, 0.25) is 0 Å². The summed E-state index contributed by atoms with van der Waals surface area (Å²) in [5, 5.41) is 5.35. The lowest BCUT2D eigenvalue weighted by Crippen LogP contribution is -1.92. The number of nitrogens with one attached hydrogen (secondary N) is 1. The van der Waals surface area contributed by atoms with Crippen LogP contribution in [0.1, 0.15) is 0 Å². The van der Waals surface area contributed by atoms with Crippen molar-refractivity contribution in [2.24, 2.45) is 0 Å². The van der Waals surface area contributed by atoms with Crippen LogP contribution >= 0.6 is 15.9 Å². The fraction of sp³-hybridized carbons (Fsp3) is 0. The summed E-state index contributed by atoms with van der Waals surface area (Å²) in [6, 6.07) is 10.1. The molecule has 0 radical (unpaired) electrons. The van der Waals surface area contributed by atoms with Gasteiger partial charge in [0.05, 0.1) is 0 Å². The molecule has 0 aliphatic rings. The van der Waals surface area contributed by atoms with E-state index in [2.05, 4.69) is 38.1 Å². The summed E-state index contributed by atoms with van der Waals surface area (Å²) in [5.41, 5.74) is 1.11. The van der Waals surface area contributed by atoms with Gasteiger partial charge in [-0.3, -0.25) is 0 Å². The summed E-state index contributed by atoms with van der Waals surface area (Å²) in [6.45, 7) is 0. The minimum absolute atomic E-state index is 0.980. The van der Waals surface area contributed by atoms with E-state index in [4.69, 9.17) is 0 Å². The van der Waals surface area contributed by atoms with Gasteiger partial charge in [-0.25, -0.2) is 4.68 Å². The fourth-order valence-electron chi connectivity index (χ4n) is 1.62. The van der Waals surface area contributed by atoms with E-state index in [0.29, 0.717) is 0 Å². The SMILES string of the molecule is Brc1ccc2[nH]c(-n3cccn3)cc2c1. The van der Waals surface area contributed by atoms with Gasteiger partial charge in [-0.2, -0.15) is 5.10 Å². The Hall–Kier alpha value is -1.55. The van der Waals surface area contributed by atoms with Crippen LogP contribution in [0, 0.1) is 0 Å².